The summed E-state index contributed by atoms with van der Waals surface area (Å²) in [7, 11) is 0. The monoisotopic (exact) mass is 469 g/mol. The highest BCUT2D eigenvalue weighted by atomic mass is 16.5. The average molecular weight is 470 g/mol. The summed E-state index contributed by atoms with van der Waals surface area (Å²) in [6, 6.07) is 3.86. The normalized spacial score (nSPS) is 11.0. The van der Waals surface area contributed by atoms with Crippen molar-refractivity contribution in [3.05, 3.63) is 30.7 Å². The molecule has 0 amide bonds. The molecule has 5 nitrogen and oxygen atoms in total. The van der Waals surface area contributed by atoms with Crippen LogP contribution in [0.1, 0.15) is 117 Å². The average Bonchev–Trinajstić information content (AvgIpc) is 2.87. The molecule has 2 heterocycles. The topological polar surface area (TPSA) is 57.1 Å². The molecule has 0 bridgehead atoms. The van der Waals surface area contributed by atoms with Crippen molar-refractivity contribution in [1.29, 1.82) is 0 Å². The molecule has 5 heteroatoms. The maximum atomic E-state index is 5.81. The van der Waals surface area contributed by atoms with Gasteiger partial charge in [-0.2, -0.15) is 0 Å². The van der Waals surface area contributed by atoms with Gasteiger partial charge in [0, 0.05) is 0 Å². The van der Waals surface area contributed by atoms with Gasteiger partial charge >= 0.3 is 0 Å². The first-order valence-electron chi connectivity index (χ1n) is 13.9. The molecule has 0 aliphatic rings. The van der Waals surface area contributed by atoms with Crippen molar-refractivity contribution in [2.24, 2.45) is 0 Å². The molecule has 0 atom stereocenters. The smallest absolute Gasteiger partial charge is 0.178 e. The molecule has 0 spiro atoms. The van der Waals surface area contributed by atoms with Crippen LogP contribution in [0.15, 0.2) is 30.7 Å². The Morgan fingerprint density at radius 3 is 1.41 bits per heavy atom. The zero-order valence-electron chi connectivity index (χ0n) is 21.8. The molecular formula is C29H47N3O2. The van der Waals surface area contributed by atoms with Crippen LogP contribution in [0, 0.1) is 0 Å². The van der Waals surface area contributed by atoms with Gasteiger partial charge in [0.15, 0.2) is 11.6 Å². The highest BCUT2D eigenvalue weighted by Crippen LogP contribution is 2.18. The van der Waals surface area contributed by atoms with Crippen LogP contribution in [-0.4, -0.2) is 28.2 Å². The Morgan fingerprint density at radius 2 is 0.941 bits per heavy atom. The van der Waals surface area contributed by atoms with E-state index < -0.39 is 0 Å². The van der Waals surface area contributed by atoms with Gasteiger partial charge in [-0.25, -0.2) is 15.0 Å². The fourth-order valence-corrected chi connectivity index (χ4v) is 3.97. The van der Waals surface area contributed by atoms with Crippen molar-refractivity contribution < 1.29 is 9.47 Å². The fraction of sp³-hybridized carbons (Fsp3) is 0.690. The van der Waals surface area contributed by atoms with Crippen molar-refractivity contribution >= 4 is 0 Å². The van der Waals surface area contributed by atoms with Gasteiger partial charge in [0.25, 0.3) is 0 Å². The Kier molecular flexibility index (Phi) is 15.8. The summed E-state index contributed by atoms with van der Waals surface area (Å²) in [6.07, 6.45) is 26.0. The third kappa shape index (κ3) is 12.9. The van der Waals surface area contributed by atoms with Crippen molar-refractivity contribution in [3.8, 4) is 23.0 Å². The molecule has 0 radical (unpaired) electrons. The summed E-state index contributed by atoms with van der Waals surface area (Å²) >= 11 is 0. The van der Waals surface area contributed by atoms with Crippen LogP contribution in [0.4, 0.5) is 0 Å². The molecule has 0 N–H and O–H groups in total. The number of hydrogen-bond acceptors (Lipinski definition) is 5. The second kappa shape index (κ2) is 19.2. The minimum Gasteiger partial charge on any atom is -0.492 e. The number of nitrogens with zero attached hydrogens (tertiary/aromatic N) is 3. The lowest BCUT2D eigenvalue weighted by molar-refractivity contribution is 0.302. The Morgan fingerprint density at radius 1 is 0.500 bits per heavy atom. The quantitative estimate of drug-likeness (QED) is 0.171. The van der Waals surface area contributed by atoms with E-state index >= 15 is 0 Å². The summed E-state index contributed by atoms with van der Waals surface area (Å²) in [5.41, 5.74) is 0.744. The van der Waals surface area contributed by atoms with Crippen LogP contribution in [0.5, 0.6) is 11.5 Å². The van der Waals surface area contributed by atoms with E-state index in [9.17, 15) is 0 Å². The van der Waals surface area contributed by atoms with E-state index in [0.29, 0.717) is 5.82 Å². The van der Waals surface area contributed by atoms with Crippen molar-refractivity contribution in [3.63, 3.8) is 0 Å². The number of ether oxygens (including phenoxy) is 2. The Hall–Kier alpha value is -2.17. The van der Waals surface area contributed by atoms with Gasteiger partial charge in [0.05, 0.1) is 31.8 Å². The van der Waals surface area contributed by atoms with Gasteiger partial charge < -0.3 is 9.47 Å². The van der Waals surface area contributed by atoms with Gasteiger partial charge in [-0.1, -0.05) is 104 Å². The van der Waals surface area contributed by atoms with E-state index in [1.165, 1.54) is 89.9 Å². The first-order valence-corrected chi connectivity index (χ1v) is 13.9. The number of rotatable bonds is 21. The number of hydrogen-bond donors (Lipinski definition) is 0. The minimum absolute atomic E-state index is 0.605. The molecule has 0 aromatic carbocycles. The molecule has 0 aliphatic heterocycles. The van der Waals surface area contributed by atoms with E-state index in [1.54, 1.807) is 18.6 Å². The predicted octanol–water partition coefficient (Wildman–Crippen LogP) is 8.58. The third-order valence-corrected chi connectivity index (χ3v) is 6.13. The molecule has 0 aliphatic carbocycles. The number of unbranched alkanes of at least 4 members (excludes halogenated alkanes) is 14. The Balaban J connectivity index is 1.56. The molecule has 2 aromatic rings. The second-order valence-electron chi connectivity index (χ2n) is 9.27. The van der Waals surface area contributed by atoms with Crippen LogP contribution in [-0.2, 0) is 0 Å². The van der Waals surface area contributed by atoms with Crippen LogP contribution >= 0.6 is 0 Å². The molecule has 0 saturated heterocycles. The number of aromatic nitrogens is 3. The molecule has 0 saturated carbocycles. The maximum absolute atomic E-state index is 5.81. The lowest BCUT2D eigenvalue weighted by Gasteiger charge is -2.08. The minimum atomic E-state index is 0.605. The third-order valence-electron chi connectivity index (χ3n) is 6.13. The van der Waals surface area contributed by atoms with E-state index in [-0.39, 0.29) is 0 Å². The molecule has 34 heavy (non-hydrogen) atoms. The Bertz CT molecular complexity index is 719. The highest BCUT2D eigenvalue weighted by Gasteiger charge is 2.05. The van der Waals surface area contributed by atoms with E-state index in [1.807, 2.05) is 12.1 Å². The summed E-state index contributed by atoms with van der Waals surface area (Å²) in [6.45, 7) is 5.98. The second-order valence-corrected chi connectivity index (χ2v) is 9.27. The molecule has 0 unspecified atom stereocenters. The van der Waals surface area contributed by atoms with Gasteiger partial charge in [0.1, 0.15) is 11.4 Å². The van der Waals surface area contributed by atoms with Crippen LogP contribution in [0.2, 0.25) is 0 Å². The summed E-state index contributed by atoms with van der Waals surface area (Å²) in [5.74, 6) is 2.13. The highest BCUT2D eigenvalue weighted by molar-refractivity contribution is 5.49. The van der Waals surface area contributed by atoms with Gasteiger partial charge in [0.2, 0.25) is 0 Å². The van der Waals surface area contributed by atoms with Crippen molar-refractivity contribution in [2.75, 3.05) is 13.2 Å². The summed E-state index contributed by atoms with van der Waals surface area (Å²) in [4.78, 5) is 13.3. The molecule has 2 aromatic heterocycles. The predicted molar refractivity (Wildman–Crippen MR) is 141 cm³/mol. The van der Waals surface area contributed by atoms with Crippen molar-refractivity contribution in [2.45, 2.75) is 117 Å². The maximum Gasteiger partial charge on any atom is 0.178 e. The van der Waals surface area contributed by atoms with E-state index in [0.717, 1.165) is 43.2 Å². The van der Waals surface area contributed by atoms with Crippen LogP contribution in [0.3, 0.4) is 0 Å². The van der Waals surface area contributed by atoms with Crippen LogP contribution in [0.25, 0.3) is 11.5 Å². The summed E-state index contributed by atoms with van der Waals surface area (Å²) in [5, 5.41) is 0. The summed E-state index contributed by atoms with van der Waals surface area (Å²) < 4.78 is 11.6. The number of pyridine rings is 1. The fourth-order valence-electron chi connectivity index (χ4n) is 3.97. The van der Waals surface area contributed by atoms with Gasteiger partial charge in [-0.3, -0.25) is 0 Å². The van der Waals surface area contributed by atoms with Crippen molar-refractivity contribution in [1.82, 2.24) is 15.0 Å². The molecule has 2 rings (SSSR count). The van der Waals surface area contributed by atoms with Gasteiger partial charge in [-0.05, 0) is 25.0 Å². The zero-order valence-corrected chi connectivity index (χ0v) is 21.8. The van der Waals surface area contributed by atoms with Gasteiger partial charge in [-0.15, -0.1) is 0 Å². The largest absolute Gasteiger partial charge is 0.492 e. The lowest BCUT2D eigenvalue weighted by atomic mass is 10.1. The lowest BCUT2D eigenvalue weighted by Crippen LogP contribution is -2.00. The first kappa shape index (κ1) is 28.1. The van der Waals surface area contributed by atoms with E-state index in [2.05, 4.69) is 28.8 Å². The van der Waals surface area contributed by atoms with E-state index in [4.69, 9.17) is 9.47 Å². The standard InChI is InChI=1S/C29H47N3O2/c1-3-5-7-9-11-12-13-14-16-18-22-34-27-24-31-29(32-25-27)28-20-19-26(23-30-28)33-21-17-15-10-8-6-4-2/h19-20,23-25H,3-18,21-22H2,1-2H3. The molecule has 190 valence electrons. The zero-order chi connectivity index (χ0) is 24.1. The first-order chi connectivity index (χ1) is 16.8. The SMILES string of the molecule is CCCCCCCCCCCCOc1cnc(-c2ccc(OCCCCCCCC)cn2)nc1. The Labute approximate surface area is 208 Å². The molecular weight excluding hydrogens is 422 g/mol. The van der Waals surface area contributed by atoms with Crippen LogP contribution < -0.4 is 9.47 Å². The molecule has 0 fully saturated rings.